The molecule has 13 heteroatoms. The summed E-state index contributed by atoms with van der Waals surface area (Å²) in [5, 5.41) is 20.6. The molecule has 1 heterocycles. The number of aryl methyl sites for hydroxylation is 1. The zero-order valence-corrected chi connectivity index (χ0v) is 18.7. The minimum Gasteiger partial charge on any atom is -0.480 e. The Morgan fingerprint density at radius 3 is 2.62 bits per heavy atom. The fourth-order valence-electron chi connectivity index (χ4n) is 5.00. The van der Waals surface area contributed by atoms with Crippen molar-refractivity contribution in [3.63, 3.8) is 0 Å². The van der Waals surface area contributed by atoms with Crippen molar-refractivity contribution in [3.05, 3.63) is 28.8 Å². The van der Waals surface area contributed by atoms with Crippen LogP contribution >= 0.6 is 11.6 Å². The number of amides is 2. The Labute approximate surface area is 197 Å². The first-order valence-corrected chi connectivity index (χ1v) is 11.2. The van der Waals surface area contributed by atoms with Crippen LogP contribution in [0, 0.1) is 0 Å². The maximum Gasteiger partial charge on any atom is 0.551 e. The minimum absolute atomic E-state index is 0.215. The predicted octanol–water partition coefficient (Wildman–Crippen LogP) is 2.48. The monoisotopic (exact) mass is 508 g/mol. The number of carbonyl (C=O) groups excluding carboxylic acids is 2. The van der Waals surface area contributed by atoms with Gasteiger partial charge >= 0.3 is 6.36 Å². The molecular weight excluding hydrogens is 485 g/mol. The van der Waals surface area contributed by atoms with Crippen LogP contribution in [0.1, 0.15) is 44.1 Å². The molecule has 3 fully saturated rings. The van der Waals surface area contributed by atoms with Gasteiger partial charge in [-0.05, 0) is 68.7 Å². The van der Waals surface area contributed by atoms with Gasteiger partial charge in [-0.1, -0.05) is 16.6 Å². The topological polar surface area (TPSA) is 115 Å². The number of alkyl halides is 3. The van der Waals surface area contributed by atoms with E-state index in [1.807, 2.05) is 6.07 Å². The summed E-state index contributed by atoms with van der Waals surface area (Å²) in [4.78, 5) is 32.1. The molecule has 4 aliphatic rings. The molecule has 34 heavy (non-hydrogen) atoms. The Balaban J connectivity index is 1.29. The number of aliphatic hydroxyl groups is 1. The summed E-state index contributed by atoms with van der Waals surface area (Å²) in [6.07, 6.45) is -3.59. The number of halogens is 4. The number of ether oxygens (including phenoxy) is 1. The van der Waals surface area contributed by atoms with Crippen LogP contribution in [-0.2, 0) is 30.8 Å². The molecule has 1 aliphatic heterocycles. The van der Waals surface area contributed by atoms with E-state index in [1.165, 1.54) is 0 Å². The van der Waals surface area contributed by atoms with E-state index in [-0.39, 0.29) is 12.3 Å². The van der Waals surface area contributed by atoms with Crippen molar-refractivity contribution in [2.75, 3.05) is 6.61 Å². The van der Waals surface area contributed by atoms with E-state index >= 15 is 0 Å². The number of benzene rings is 1. The van der Waals surface area contributed by atoms with Crippen molar-refractivity contribution in [3.8, 4) is 5.75 Å². The number of aliphatic hydroxyl groups excluding tert-OH is 1. The predicted molar refractivity (Wildman–Crippen MR) is 109 cm³/mol. The summed E-state index contributed by atoms with van der Waals surface area (Å²) in [5.41, 5.74) is -0.648. The molecule has 2 atom stereocenters. The highest BCUT2D eigenvalue weighted by atomic mass is 35.5. The van der Waals surface area contributed by atoms with Crippen LogP contribution in [-0.4, -0.2) is 53.2 Å². The van der Waals surface area contributed by atoms with Crippen LogP contribution in [0.5, 0.6) is 5.75 Å². The quantitative estimate of drug-likeness (QED) is 0.294. The molecule has 0 spiro atoms. The van der Waals surface area contributed by atoms with Gasteiger partial charge in [-0.25, -0.2) is 0 Å². The van der Waals surface area contributed by atoms with Gasteiger partial charge in [0.05, 0.1) is 11.6 Å². The smallest absolute Gasteiger partial charge is 0.480 e. The molecule has 5 rings (SSSR count). The minimum atomic E-state index is -5.06. The van der Waals surface area contributed by atoms with E-state index in [0.717, 1.165) is 5.56 Å². The second kappa shape index (κ2) is 9.50. The van der Waals surface area contributed by atoms with Gasteiger partial charge < -0.3 is 20.5 Å². The number of hydrogen-bond donors (Lipinski definition) is 3. The molecule has 2 amide bonds. The van der Waals surface area contributed by atoms with Gasteiger partial charge in [-0.3, -0.25) is 9.59 Å². The Bertz CT molecular complexity index is 937. The molecule has 0 radical (unpaired) electrons. The second-order valence-electron chi connectivity index (χ2n) is 8.95. The van der Waals surface area contributed by atoms with Crippen molar-refractivity contribution in [1.82, 2.24) is 10.6 Å². The molecule has 3 saturated carbocycles. The second-order valence-corrected chi connectivity index (χ2v) is 9.39. The number of carbonyl (C=O) groups is 2. The standard InChI is InChI=1S/C21H24ClF3N2O7/c22-13-2-4-14-12(9-13)1-3-15(32-14)18(30)27-19-5-7-20(8-6-19,16(28)10-19)26-17(29)11-31-34-33-21(23,24)25/h2,4,9,15-16,28H,1,3,5-8,10-11H2,(H,26,29)(H,27,30)/t15-,16+,19?,20?/m1/s1. The molecular formula is C21H24ClF3N2O7. The van der Waals surface area contributed by atoms with Gasteiger partial charge in [0, 0.05) is 10.6 Å². The third-order valence-corrected chi connectivity index (χ3v) is 6.96. The largest absolute Gasteiger partial charge is 0.551 e. The SMILES string of the molecule is O=C(COOOC(F)(F)F)NC12CCC(NC(=O)[C@H]3CCc4cc(Cl)ccc4O3)(CC1)C[C@@H]2O. The molecule has 1 aromatic carbocycles. The van der Waals surface area contributed by atoms with Crippen LogP contribution in [0.3, 0.4) is 0 Å². The number of hydrogen-bond acceptors (Lipinski definition) is 7. The highest BCUT2D eigenvalue weighted by Crippen LogP contribution is 2.47. The van der Waals surface area contributed by atoms with Crippen molar-refractivity contribution in [1.29, 1.82) is 0 Å². The van der Waals surface area contributed by atoms with E-state index in [2.05, 4.69) is 25.4 Å². The summed E-state index contributed by atoms with van der Waals surface area (Å²) in [5.74, 6) is -0.409. The molecule has 3 aliphatic carbocycles. The fourth-order valence-corrected chi connectivity index (χ4v) is 5.19. The third-order valence-electron chi connectivity index (χ3n) is 6.72. The molecule has 188 valence electrons. The van der Waals surface area contributed by atoms with Crippen LogP contribution < -0.4 is 15.4 Å². The van der Waals surface area contributed by atoms with Crippen molar-refractivity contribution in [2.24, 2.45) is 0 Å². The fraction of sp³-hybridized carbons (Fsp3) is 0.619. The van der Waals surface area contributed by atoms with Gasteiger partial charge in [0.2, 0.25) is 5.91 Å². The zero-order valence-electron chi connectivity index (χ0n) is 18.0. The lowest BCUT2D eigenvalue weighted by Gasteiger charge is -2.56. The Morgan fingerprint density at radius 2 is 1.94 bits per heavy atom. The molecule has 3 N–H and O–H groups in total. The van der Waals surface area contributed by atoms with Gasteiger partial charge in [0.15, 0.2) is 12.7 Å². The van der Waals surface area contributed by atoms with E-state index in [4.69, 9.17) is 16.3 Å². The van der Waals surface area contributed by atoms with Gasteiger partial charge in [-0.2, -0.15) is 4.89 Å². The molecule has 0 saturated heterocycles. The number of rotatable bonds is 7. The zero-order chi connectivity index (χ0) is 24.6. The van der Waals surface area contributed by atoms with Crippen LogP contribution in [0.25, 0.3) is 0 Å². The lowest BCUT2D eigenvalue weighted by Crippen LogP contribution is -2.71. The number of nitrogens with one attached hydrogen (secondary N) is 2. The first-order valence-electron chi connectivity index (χ1n) is 10.8. The van der Waals surface area contributed by atoms with E-state index < -0.39 is 42.2 Å². The average Bonchev–Trinajstić information content (AvgIpc) is 2.77. The normalized spacial score (nSPS) is 30.3. The summed E-state index contributed by atoms with van der Waals surface area (Å²) in [6, 6.07) is 5.25. The average molecular weight is 509 g/mol. The Morgan fingerprint density at radius 1 is 1.21 bits per heavy atom. The van der Waals surface area contributed by atoms with Crippen LogP contribution in [0.15, 0.2) is 18.2 Å². The van der Waals surface area contributed by atoms with Crippen molar-refractivity contribution in [2.45, 2.75) is 74.6 Å². The third kappa shape index (κ3) is 5.57. The highest BCUT2D eigenvalue weighted by molar-refractivity contribution is 6.30. The van der Waals surface area contributed by atoms with Gasteiger partial charge in [-0.15, -0.1) is 18.1 Å². The molecule has 0 aromatic heterocycles. The lowest BCUT2D eigenvalue weighted by molar-refractivity contribution is -0.599. The van der Waals surface area contributed by atoms with E-state index in [1.54, 1.807) is 12.1 Å². The van der Waals surface area contributed by atoms with E-state index in [0.29, 0.717) is 49.3 Å². The Kier molecular flexibility index (Phi) is 6.98. The van der Waals surface area contributed by atoms with E-state index in [9.17, 15) is 27.9 Å². The lowest BCUT2D eigenvalue weighted by atomic mass is 9.59. The molecule has 1 aromatic rings. The van der Waals surface area contributed by atoms with Crippen molar-refractivity contribution >= 4 is 23.4 Å². The summed E-state index contributed by atoms with van der Waals surface area (Å²) < 4.78 is 41.4. The maximum atomic E-state index is 13.0. The van der Waals surface area contributed by atoms with Crippen molar-refractivity contribution < 1.29 is 47.4 Å². The number of fused-ring (bicyclic) bond motifs is 4. The molecule has 2 bridgehead atoms. The summed E-state index contributed by atoms with van der Waals surface area (Å²) >= 11 is 6.01. The van der Waals surface area contributed by atoms with Gasteiger partial charge in [0.25, 0.3) is 5.91 Å². The maximum absolute atomic E-state index is 13.0. The summed E-state index contributed by atoms with van der Waals surface area (Å²) in [6.45, 7) is -0.849. The van der Waals surface area contributed by atoms with Gasteiger partial charge in [0.1, 0.15) is 5.75 Å². The first kappa shape index (κ1) is 25.0. The Hall–Kier alpha value is -2.12. The molecule has 9 nitrogen and oxygen atoms in total. The first-order chi connectivity index (χ1) is 16.0. The van der Waals surface area contributed by atoms with Crippen LogP contribution in [0.2, 0.25) is 5.02 Å². The molecule has 0 unspecified atom stereocenters. The highest BCUT2D eigenvalue weighted by Gasteiger charge is 2.55. The summed E-state index contributed by atoms with van der Waals surface area (Å²) in [7, 11) is 0. The van der Waals surface area contributed by atoms with Crippen LogP contribution in [0.4, 0.5) is 13.2 Å².